The van der Waals surface area contributed by atoms with Crippen molar-refractivity contribution in [3.63, 3.8) is 0 Å². The van der Waals surface area contributed by atoms with Gasteiger partial charge in [0.15, 0.2) is 17.3 Å². The van der Waals surface area contributed by atoms with Crippen LogP contribution in [0.15, 0.2) is 18.2 Å². The Morgan fingerprint density at radius 1 is 1.29 bits per heavy atom. The summed E-state index contributed by atoms with van der Waals surface area (Å²) in [5.41, 5.74) is 0.162. The Kier molecular flexibility index (Phi) is 5.89. The van der Waals surface area contributed by atoms with E-state index in [2.05, 4.69) is 0 Å². The molecule has 1 aromatic rings. The minimum absolute atomic E-state index is 0.0419. The summed E-state index contributed by atoms with van der Waals surface area (Å²) in [6, 6.07) is 3.05. The number of carbonyl (C=O) groups is 3. The molecule has 7 heteroatoms. The second-order valence-corrected chi connectivity index (χ2v) is 5.71. The Labute approximate surface area is 139 Å². The highest BCUT2D eigenvalue weighted by atomic mass is 19.1. The number of ketones is 1. The number of hydrogen-bond donors (Lipinski definition) is 1. The number of hydrogen-bond acceptors (Lipinski definition) is 4. The van der Waals surface area contributed by atoms with Gasteiger partial charge in [-0.25, -0.2) is 9.18 Å². The van der Waals surface area contributed by atoms with Gasteiger partial charge in [-0.1, -0.05) is 0 Å². The number of aliphatic carboxylic acids is 1. The number of methoxy groups -OCH3 is 1. The molecule has 1 aliphatic heterocycles. The van der Waals surface area contributed by atoms with Crippen molar-refractivity contribution in [1.29, 1.82) is 0 Å². The van der Waals surface area contributed by atoms with Crippen molar-refractivity contribution >= 4 is 17.7 Å². The molecule has 6 nitrogen and oxygen atoms in total. The molecule has 1 heterocycles. The summed E-state index contributed by atoms with van der Waals surface area (Å²) in [5.74, 6) is -2.35. The van der Waals surface area contributed by atoms with E-state index in [1.807, 2.05) is 0 Å². The number of likely N-dealkylation sites (tertiary alicyclic amines) is 1. The summed E-state index contributed by atoms with van der Waals surface area (Å²) >= 11 is 0. The number of halogens is 1. The van der Waals surface area contributed by atoms with E-state index in [0.717, 1.165) is 18.9 Å². The van der Waals surface area contributed by atoms with Crippen LogP contribution in [0.25, 0.3) is 0 Å². The monoisotopic (exact) mass is 337 g/mol. The molecule has 24 heavy (non-hydrogen) atoms. The lowest BCUT2D eigenvalue weighted by Gasteiger charge is -2.33. The van der Waals surface area contributed by atoms with Crippen molar-refractivity contribution in [3.05, 3.63) is 29.6 Å². The zero-order chi connectivity index (χ0) is 17.7. The van der Waals surface area contributed by atoms with Crippen LogP contribution in [-0.4, -0.2) is 47.4 Å². The molecule has 1 amide bonds. The highest BCUT2D eigenvalue weighted by Gasteiger charge is 2.31. The van der Waals surface area contributed by atoms with E-state index in [4.69, 9.17) is 4.74 Å². The van der Waals surface area contributed by atoms with Crippen molar-refractivity contribution in [1.82, 2.24) is 4.90 Å². The third-order valence-electron chi connectivity index (χ3n) is 4.15. The fraction of sp³-hybridized carbons (Fsp3) is 0.471. The lowest BCUT2D eigenvalue weighted by Crippen LogP contribution is -2.48. The number of piperidine rings is 1. The van der Waals surface area contributed by atoms with Crippen molar-refractivity contribution in [2.75, 3.05) is 13.7 Å². The number of ether oxygens (including phenoxy) is 1. The second kappa shape index (κ2) is 7.90. The number of carboxylic acids is 1. The first-order chi connectivity index (χ1) is 11.4. The van der Waals surface area contributed by atoms with Crippen LogP contribution in [0.5, 0.6) is 5.75 Å². The van der Waals surface area contributed by atoms with Gasteiger partial charge in [0.25, 0.3) is 0 Å². The number of benzene rings is 1. The van der Waals surface area contributed by atoms with Gasteiger partial charge in [0, 0.05) is 24.9 Å². The minimum atomic E-state index is -1.02. The number of Topliss-reactive ketones (excluding diaryl/α,β-unsaturated/α-hetero) is 1. The maximum atomic E-state index is 13.6. The molecule has 1 fully saturated rings. The third kappa shape index (κ3) is 4.10. The van der Waals surface area contributed by atoms with Gasteiger partial charge in [-0.15, -0.1) is 0 Å². The summed E-state index contributed by atoms with van der Waals surface area (Å²) < 4.78 is 18.4. The van der Waals surface area contributed by atoms with E-state index < -0.39 is 17.8 Å². The molecule has 0 aromatic heterocycles. The predicted molar refractivity (Wildman–Crippen MR) is 83.5 cm³/mol. The summed E-state index contributed by atoms with van der Waals surface area (Å²) in [6.07, 6.45) is 1.78. The van der Waals surface area contributed by atoms with Crippen LogP contribution in [0.2, 0.25) is 0 Å². The molecule has 2 rings (SSSR count). The van der Waals surface area contributed by atoms with Gasteiger partial charge in [0.2, 0.25) is 5.91 Å². The van der Waals surface area contributed by atoms with Crippen LogP contribution in [0, 0.1) is 5.82 Å². The summed E-state index contributed by atoms with van der Waals surface area (Å²) in [5, 5.41) is 9.18. The number of amides is 1. The van der Waals surface area contributed by atoms with Gasteiger partial charge in [-0.05, 0) is 37.5 Å². The highest BCUT2D eigenvalue weighted by Crippen LogP contribution is 2.21. The summed E-state index contributed by atoms with van der Waals surface area (Å²) in [7, 11) is 1.33. The molecule has 1 atom stereocenters. The summed E-state index contributed by atoms with van der Waals surface area (Å²) in [6.45, 7) is 0.390. The molecule has 1 aliphatic rings. The van der Waals surface area contributed by atoms with E-state index in [-0.39, 0.29) is 35.8 Å². The first-order valence-corrected chi connectivity index (χ1v) is 7.83. The van der Waals surface area contributed by atoms with E-state index in [0.29, 0.717) is 13.0 Å². The van der Waals surface area contributed by atoms with Crippen LogP contribution in [0.4, 0.5) is 4.39 Å². The highest BCUT2D eigenvalue weighted by molar-refractivity contribution is 5.98. The first-order valence-electron chi connectivity index (χ1n) is 7.83. The number of nitrogens with zero attached hydrogens (tertiary/aromatic N) is 1. The third-order valence-corrected chi connectivity index (χ3v) is 4.15. The number of rotatable bonds is 6. The van der Waals surface area contributed by atoms with Crippen molar-refractivity contribution in [2.24, 2.45) is 0 Å². The van der Waals surface area contributed by atoms with Crippen molar-refractivity contribution < 1.29 is 28.6 Å². The van der Waals surface area contributed by atoms with Gasteiger partial charge in [-0.3, -0.25) is 9.59 Å². The van der Waals surface area contributed by atoms with Crippen LogP contribution >= 0.6 is 0 Å². The quantitative estimate of drug-likeness (QED) is 0.805. The molecule has 0 aliphatic carbocycles. The van der Waals surface area contributed by atoms with E-state index in [9.17, 15) is 23.9 Å². The zero-order valence-electron chi connectivity index (χ0n) is 13.5. The van der Waals surface area contributed by atoms with Crippen molar-refractivity contribution in [2.45, 2.75) is 38.1 Å². The van der Waals surface area contributed by atoms with Crippen LogP contribution < -0.4 is 4.74 Å². The SMILES string of the molecule is COc1ccc(C(=O)CCC(=O)N2CCCCC2C(=O)O)cc1F. The van der Waals surface area contributed by atoms with E-state index in [1.54, 1.807) is 0 Å². The first kappa shape index (κ1) is 17.9. The average molecular weight is 337 g/mol. The normalized spacial score (nSPS) is 17.4. The Morgan fingerprint density at radius 2 is 2.04 bits per heavy atom. The number of carbonyl (C=O) groups excluding carboxylic acids is 2. The van der Waals surface area contributed by atoms with Crippen LogP contribution in [0.3, 0.4) is 0 Å². The molecule has 130 valence electrons. The van der Waals surface area contributed by atoms with E-state index in [1.165, 1.54) is 24.1 Å². The Morgan fingerprint density at radius 3 is 2.67 bits per heavy atom. The Bertz CT molecular complexity index is 646. The average Bonchev–Trinajstić information content (AvgIpc) is 2.59. The number of carboxylic acid groups (broad SMARTS) is 1. The predicted octanol–water partition coefficient (Wildman–Crippen LogP) is 2.26. The lowest BCUT2D eigenvalue weighted by atomic mass is 10.0. The molecule has 0 saturated carbocycles. The fourth-order valence-corrected chi connectivity index (χ4v) is 2.84. The molecular formula is C17H20FNO5. The maximum Gasteiger partial charge on any atom is 0.326 e. The zero-order valence-corrected chi connectivity index (χ0v) is 13.5. The topological polar surface area (TPSA) is 83.9 Å². The largest absolute Gasteiger partial charge is 0.494 e. The van der Waals surface area contributed by atoms with Gasteiger partial charge < -0.3 is 14.7 Å². The van der Waals surface area contributed by atoms with Gasteiger partial charge in [0.05, 0.1) is 7.11 Å². The van der Waals surface area contributed by atoms with Crippen LogP contribution in [0.1, 0.15) is 42.5 Å². The molecule has 1 N–H and O–H groups in total. The summed E-state index contributed by atoms with van der Waals surface area (Å²) in [4.78, 5) is 36.9. The van der Waals surface area contributed by atoms with Gasteiger partial charge >= 0.3 is 5.97 Å². The minimum Gasteiger partial charge on any atom is -0.494 e. The Hall–Kier alpha value is -2.44. The van der Waals surface area contributed by atoms with Gasteiger partial charge in [-0.2, -0.15) is 0 Å². The fourth-order valence-electron chi connectivity index (χ4n) is 2.84. The molecular weight excluding hydrogens is 317 g/mol. The molecule has 0 bridgehead atoms. The van der Waals surface area contributed by atoms with Gasteiger partial charge in [0.1, 0.15) is 6.04 Å². The maximum absolute atomic E-state index is 13.6. The lowest BCUT2D eigenvalue weighted by molar-refractivity contribution is -0.152. The Balaban J connectivity index is 1.96. The molecule has 1 saturated heterocycles. The smallest absolute Gasteiger partial charge is 0.326 e. The molecule has 0 radical (unpaired) electrons. The molecule has 1 aromatic carbocycles. The van der Waals surface area contributed by atoms with E-state index >= 15 is 0 Å². The standard InChI is InChI=1S/C17H20FNO5/c1-24-15-7-5-11(10-12(15)18)14(20)6-8-16(21)19-9-3-2-4-13(19)17(22)23/h5,7,10,13H,2-4,6,8-9H2,1H3,(H,22,23). The molecule has 1 unspecified atom stereocenters. The van der Waals surface area contributed by atoms with Crippen LogP contribution in [-0.2, 0) is 9.59 Å². The second-order valence-electron chi connectivity index (χ2n) is 5.71. The molecule has 0 spiro atoms. The van der Waals surface area contributed by atoms with Crippen molar-refractivity contribution in [3.8, 4) is 5.75 Å².